The molecule has 1 atom stereocenters. The summed E-state index contributed by atoms with van der Waals surface area (Å²) >= 11 is 5.79. The number of carbonyl (C=O) groups excluding carboxylic acids is 1. The van der Waals surface area contributed by atoms with Gasteiger partial charge < -0.3 is 9.84 Å². The molecule has 0 saturated heterocycles. The van der Waals surface area contributed by atoms with Crippen molar-refractivity contribution in [3.63, 3.8) is 0 Å². The zero-order valence-electron chi connectivity index (χ0n) is 16.6. The molecule has 0 bridgehead atoms. The van der Waals surface area contributed by atoms with Gasteiger partial charge in [0, 0.05) is 18.5 Å². The van der Waals surface area contributed by atoms with Crippen LogP contribution in [0.4, 0.5) is 9.18 Å². The number of benzene rings is 3. The van der Waals surface area contributed by atoms with Gasteiger partial charge in [0.15, 0.2) is 6.04 Å². The quantitative estimate of drug-likeness (QED) is 0.571. The topological polar surface area (TPSA) is 66.8 Å². The van der Waals surface area contributed by atoms with Crippen LogP contribution < -0.4 is 0 Å². The van der Waals surface area contributed by atoms with E-state index in [4.69, 9.17) is 16.3 Å². The number of carboxylic acids is 1. The number of likely N-dealkylation sites (N-methyl/N-ethyl adjacent to an activating group) is 1. The largest absolute Gasteiger partial charge is 0.479 e. The molecule has 0 spiro atoms. The molecule has 1 N–H and O–H groups in total. The summed E-state index contributed by atoms with van der Waals surface area (Å²) in [5, 5.41) is 9.42. The minimum absolute atomic E-state index is 0.0293. The Morgan fingerprint density at radius 3 is 2.19 bits per heavy atom. The summed E-state index contributed by atoms with van der Waals surface area (Å²) in [4.78, 5) is 25.4. The third-order valence-corrected chi connectivity index (χ3v) is 5.81. The Labute approximate surface area is 183 Å². The second kappa shape index (κ2) is 8.40. The van der Waals surface area contributed by atoms with Gasteiger partial charge in [-0.25, -0.2) is 14.0 Å². The van der Waals surface area contributed by atoms with E-state index in [-0.39, 0.29) is 23.1 Å². The van der Waals surface area contributed by atoms with Crippen molar-refractivity contribution < 1.29 is 23.8 Å². The zero-order chi connectivity index (χ0) is 22.1. The molecule has 0 aliphatic heterocycles. The Kier molecular flexibility index (Phi) is 5.65. The standard InChI is InChI=1S/C24H19ClFNO4/c1-27(22(23(28)29)18-11-6-12-20(25)21(18)26)24(30)31-13-19-16-9-4-2-7-14(16)15-8-3-5-10-17(15)19/h2-12,19,22H,13H2,1H3,(H,28,29). The highest BCUT2D eigenvalue weighted by Gasteiger charge is 2.34. The van der Waals surface area contributed by atoms with Crippen LogP contribution in [0.25, 0.3) is 11.1 Å². The van der Waals surface area contributed by atoms with Gasteiger partial charge in [0.25, 0.3) is 0 Å². The number of amides is 1. The van der Waals surface area contributed by atoms with Crippen LogP contribution in [0.5, 0.6) is 0 Å². The second-order valence-corrected chi connectivity index (χ2v) is 7.71. The lowest BCUT2D eigenvalue weighted by molar-refractivity contribution is -0.142. The zero-order valence-corrected chi connectivity index (χ0v) is 17.3. The molecule has 158 valence electrons. The smallest absolute Gasteiger partial charge is 0.410 e. The highest BCUT2D eigenvalue weighted by molar-refractivity contribution is 6.30. The van der Waals surface area contributed by atoms with Gasteiger partial charge in [-0.1, -0.05) is 72.3 Å². The summed E-state index contributed by atoms with van der Waals surface area (Å²) in [7, 11) is 1.26. The van der Waals surface area contributed by atoms with Gasteiger partial charge in [0.1, 0.15) is 12.4 Å². The number of carbonyl (C=O) groups is 2. The number of ether oxygens (including phenoxy) is 1. The number of fused-ring (bicyclic) bond motifs is 3. The number of aliphatic carboxylic acids is 1. The summed E-state index contributed by atoms with van der Waals surface area (Å²) in [6.45, 7) is 0.0293. The normalized spacial score (nSPS) is 13.3. The molecule has 1 aliphatic rings. The molecule has 0 fully saturated rings. The summed E-state index contributed by atoms with van der Waals surface area (Å²) in [6.07, 6.45) is -0.867. The monoisotopic (exact) mass is 439 g/mol. The van der Waals surface area contributed by atoms with E-state index in [0.29, 0.717) is 0 Å². The predicted octanol–water partition coefficient (Wildman–Crippen LogP) is 5.49. The van der Waals surface area contributed by atoms with E-state index in [2.05, 4.69) is 0 Å². The van der Waals surface area contributed by atoms with Gasteiger partial charge in [0.05, 0.1) is 5.02 Å². The maximum atomic E-state index is 14.4. The Bertz CT molecular complexity index is 1120. The first-order valence-electron chi connectivity index (χ1n) is 9.64. The number of rotatable bonds is 5. The fraction of sp³-hybridized carbons (Fsp3) is 0.167. The summed E-state index contributed by atoms with van der Waals surface area (Å²) < 4.78 is 19.9. The lowest BCUT2D eigenvalue weighted by Crippen LogP contribution is -2.37. The lowest BCUT2D eigenvalue weighted by Gasteiger charge is -2.26. The Hall–Kier alpha value is -3.38. The maximum absolute atomic E-state index is 14.4. The Morgan fingerprint density at radius 2 is 1.61 bits per heavy atom. The van der Waals surface area contributed by atoms with Crippen molar-refractivity contribution in [1.29, 1.82) is 0 Å². The number of carboxylic acid groups (broad SMARTS) is 1. The second-order valence-electron chi connectivity index (χ2n) is 7.30. The van der Waals surface area contributed by atoms with Crippen LogP contribution in [0.3, 0.4) is 0 Å². The molecule has 1 unspecified atom stereocenters. The van der Waals surface area contributed by atoms with Gasteiger partial charge in [-0.05, 0) is 28.3 Å². The Morgan fingerprint density at radius 1 is 1.03 bits per heavy atom. The first-order chi connectivity index (χ1) is 14.9. The average Bonchev–Trinajstić information content (AvgIpc) is 3.08. The first kappa shape index (κ1) is 20.9. The van der Waals surface area contributed by atoms with Crippen molar-refractivity contribution in [3.8, 4) is 11.1 Å². The molecule has 0 heterocycles. The fourth-order valence-electron chi connectivity index (χ4n) is 4.04. The lowest BCUT2D eigenvalue weighted by atomic mass is 9.98. The van der Waals surface area contributed by atoms with Crippen LogP contribution in [-0.4, -0.2) is 35.7 Å². The molecule has 3 aromatic carbocycles. The van der Waals surface area contributed by atoms with Crippen LogP contribution in [0.2, 0.25) is 5.02 Å². The van der Waals surface area contributed by atoms with Crippen LogP contribution in [0.15, 0.2) is 66.7 Å². The Balaban J connectivity index is 1.56. The molecular weight excluding hydrogens is 421 g/mol. The molecule has 1 amide bonds. The molecule has 7 heteroatoms. The van der Waals surface area contributed by atoms with E-state index in [0.717, 1.165) is 27.2 Å². The summed E-state index contributed by atoms with van der Waals surface area (Å²) in [6, 6.07) is 18.2. The highest BCUT2D eigenvalue weighted by atomic mass is 35.5. The summed E-state index contributed by atoms with van der Waals surface area (Å²) in [5.41, 5.74) is 4.02. The van der Waals surface area contributed by atoms with Crippen molar-refractivity contribution >= 4 is 23.7 Å². The van der Waals surface area contributed by atoms with E-state index >= 15 is 0 Å². The van der Waals surface area contributed by atoms with E-state index < -0.39 is 23.9 Å². The van der Waals surface area contributed by atoms with Gasteiger partial charge in [-0.3, -0.25) is 4.90 Å². The van der Waals surface area contributed by atoms with Crippen molar-refractivity contribution in [2.75, 3.05) is 13.7 Å². The maximum Gasteiger partial charge on any atom is 0.410 e. The van der Waals surface area contributed by atoms with Gasteiger partial charge in [-0.2, -0.15) is 0 Å². The number of hydrogen-bond acceptors (Lipinski definition) is 3. The van der Waals surface area contributed by atoms with Crippen LogP contribution in [-0.2, 0) is 9.53 Å². The highest BCUT2D eigenvalue weighted by Crippen LogP contribution is 2.44. The van der Waals surface area contributed by atoms with E-state index in [1.54, 1.807) is 0 Å². The van der Waals surface area contributed by atoms with Gasteiger partial charge in [0.2, 0.25) is 0 Å². The van der Waals surface area contributed by atoms with Gasteiger partial charge in [-0.15, -0.1) is 0 Å². The molecular formula is C24H19ClFNO4. The van der Waals surface area contributed by atoms with Gasteiger partial charge >= 0.3 is 12.1 Å². The van der Waals surface area contributed by atoms with Crippen molar-refractivity contribution in [1.82, 2.24) is 4.90 Å². The van der Waals surface area contributed by atoms with Crippen LogP contribution in [0, 0.1) is 5.82 Å². The van der Waals surface area contributed by atoms with E-state index in [1.807, 2.05) is 48.5 Å². The van der Waals surface area contributed by atoms with E-state index in [9.17, 15) is 19.1 Å². The predicted molar refractivity (Wildman–Crippen MR) is 115 cm³/mol. The molecule has 0 radical (unpaired) electrons. The number of nitrogens with zero attached hydrogens (tertiary/aromatic N) is 1. The molecule has 3 aromatic rings. The number of halogens is 2. The molecule has 0 aromatic heterocycles. The number of hydrogen-bond donors (Lipinski definition) is 1. The fourth-order valence-corrected chi connectivity index (χ4v) is 4.22. The van der Waals surface area contributed by atoms with Crippen molar-refractivity contribution in [2.24, 2.45) is 0 Å². The van der Waals surface area contributed by atoms with Crippen molar-refractivity contribution in [2.45, 2.75) is 12.0 Å². The molecule has 4 rings (SSSR count). The third-order valence-electron chi connectivity index (χ3n) is 5.52. The summed E-state index contributed by atoms with van der Waals surface area (Å²) in [5.74, 6) is -2.44. The SMILES string of the molecule is CN(C(=O)OCC1c2ccccc2-c2ccccc21)C(C(=O)O)c1cccc(Cl)c1F. The molecule has 5 nitrogen and oxygen atoms in total. The molecule has 31 heavy (non-hydrogen) atoms. The minimum atomic E-state index is -1.57. The minimum Gasteiger partial charge on any atom is -0.479 e. The van der Waals surface area contributed by atoms with Crippen LogP contribution in [0.1, 0.15) is 28.7 Å². The third kappa shape index (κ3) is 3.75. The average molecular weight is 440 g/mol. The van der Waals surface area contributed by atoms with Crippen molar-refractivity contribution in [3.05, 3.63) is 94.3 Å². The first-order valence-corrected chi connectivity index (χ1v) is 10.0. The van der Waals surface area contributed by atoms with E-state index in [1.165, 1.54) is 25.2 Å². The molecule has 1 aliphatic carbocycles. The van der Waals surface area contributed by atoms with Crippen LogP contribution >= 0.6 is 11.6 Å². The molecule has 0 saturated carbocycles.